The van der Waals surface area contributed by atoms with Crippen molar-refractivity contribution in [3.63, 3.8) is 0 Å². The third kappa shape index (κ3) is 3.04. The number of benzene rings is 1. The standard InChI is InChI=1S/C20H24N4OS/c1-13(21-2)11-22-20-17(12-25)26-16-7-6-15-14(19(16)20)5-8-18(23-15)24-9-3-4-10-24/h5-8,12-13,21-22H,3-4,9-11H2,1-2H3/t13-/m1/s1. The Balaban J connectivity index is 1.81. The summed E-state index contributed by atoms with van der Waals surface area (Å²) < 4.78 is 1.12. The van der Waals surface area contributed by atoms with Crippen LogP contribution in [-0.4, -0.2) is 44.0 Å². The highest BCUT2D eigenvalue weighted by Gasteiger charge is 2.18. The van der Waals surface area contributed by atoms with Gasteiger partial charge >= 0.3 is 0 Å². The topological polar surface area (TPSA) is 57.3 Å². The van der Waals surface area contributed by atoms with Gasteiger partial charge < -0.3 is 15.5 Å². The summed E-state index contributed by atoms with van der Waals surface area (Å²) in [5.74, 6) is 1.05. The highest BCUT2D eigenvalue weighted by Crippen LogP contribution is 2.39. The lowest BCUT2D eigenvalue weighted by Crippen LogP contribution is -2.29. The summed E-state index contributed by atoms with van der Waals surface area (Å²) in [6, 6.07) is 8.75. The molecule has 0 aliphatic carbocycles. The van der Waals surface area contributed by atoms with Gasteiger partial charge in [-0.3, -0.25) is 4.79 Å². The van der Waals surface area contributed by atoms with Gasteiger partial charge in [0, 0.05) is 41.1 Å². The van der Waals surface area contributed by atoms with E-state index in [1.807, 2.05) is 7.05 Å². The molecular weight excluding hydrogens is 344 g/mol. The smallest absolute Gasteiger partial charge is 0.162 e. The highest BCUT2D eigenvalue weighted by atomic mass is 32.1. The van der Waals surface area contributed by atoms with Gasteiger partial charge in [0.25, 0.3) is 0 Å². The van der Waals surface area contributed by atoms with E-state index in [0.29, 0.717) is 6.04 Å². The van der Waals surface area contributed by atoms with E-state index < -0.39 is 0 Å². The largest absolute Gasteiger partial charge is 0.382 e. The third-order valence-corrected chi connectivity index (χ3v) is 6.23. The molecule has 1 atom stereocenters. The van der Waals surface area contributed by atoms with Crippen LogP contribution in [0, 0.1) is 0 Å². The molecule has 26 heavy (non-hydrogen) atoms. The zero-order valence-electron chi connectivity index (χ0n) is 15.2. The number of likely N-dealkylation sites (N-methyl/N-ethyl adjacent to an activating group) is 1. The Morgan fingerprint density at radius 1 is 1.27 bits per heavy atom. The van der Waals surface area contributed by atoms with E-state index in [9.17, 15) is 4.79 Å². The molecule has 136 valence electrons. The first-order valence-corrected chi connectivity index (χ1v) is 10.0. The van der Waals surface area contributed by atoms with E-state index in [2.05, 4.69) is 46.7 Å². The van der Waals surface area contributed by atoms with Crippen molar-refractivity contribution in [3.05, 3.63) is 29.1 Å². The fourth-order valence-corrected chi connectivity index (χ4v) is 4.56. The van der Waals surface area contributed by atoms with E-state index in [1.54, 1.807) is 0 Å². The van der Waals surface area contributed by atoms with Gasteiger partial charge in [0.2, 0.25) is 0 Å². The second-order valence-electron chi connectivity index (χ2n) is 6.90. The van der Waals surface area contributed by atoms with Crippen molar-refractivity contribution in [2.24, 2.45) is 0 Å². The van der Waals surface area contributed by atoms with Crippen LogP contribution in [0.25, 0.3) is 21.0 Å². The summed E-state index contributed by atoms with van der Waals surface area (Å²) in [6.07, 6.45) is 3.43. The second kappa shape index (κ2) is 7.21. The molecule has 3 heterocycles. The maximum atomic E-state index is 11.6. The number of nitrogens with one attached hydrogen (secondary N) is 2. The SMILES string of the molecule is CN[C@H](C)CNc1c(C=O)sc2ccc3nc(N4CCCC4)ccc3c12. The normalized spacial score (nSPS) is 15.7. The van der Waals surface area contributed by atoms with E-state index in [4.69, 9.17) is 4.98 Å². The van der Waals surface area contributed by atoms with Gasteiger partial charge in [-0.2, -0.15) is 0 Å². The van der Waals surface area contributed by atoms with Gasteiger partial charge in [-0.25, -0.2) is 4.98 Å². The summed E-state index contributed by atoms with van der Waals surface area (Å²) >= 11 is 1.54. The number of carbonyl (C=O) groups is 1. The Labute approximate surface area is 157 Å². The summed E-state index contributed by atoms with van der Waals surface area (Å²) in [4.78, 5) is 19.6. The van der Waals surface area contributed by atoms with Gasteiger partial charge in [0.1, 0.15) is 5.82 Å². The lowest BCUT2D eigenvalue weighted by molar-refractivity contribution is 0.112. The summed E-state index contributed by atoms with van der Waals surface area (Å²) in [5.41, 5.74) is 1.92. The average Bonchev–Trinajstić information content (AvgIpc) is 3.33. The Bertz CT molecular complexity index is 946. The highest BCUT2D eigenvalue weighted by molar-refractivity contribution is 7.21. The lowest BCUT2D eigenvalue weighted by Gasteiger charge is -2.17. The van der Waals surface area contributed by atoms with Crippen LogP contribution < -0.4 is 15.5 Å². The fourth-order valence-electron chi connectivity index (χ4n) is 3.55. The van der Waals surface area contributed by atoms with Crippen molar-refractivity contribution in [2.75, 3.05) is 36.9 Å². The zero-order valence-corrected chi connectivity index (χ0v) is 16.0. The van der Waals surface area contributed by atoms with E-state index in [-0.39, 0.29) is 0 Å². The molecular formula is C20H24N4OS. The second-order valence-corrected chi connectivity index (χ2v) is 7.98. The van der Waals surface area contributed by atoms with E-state index in [0.717, 1.165) is 63.3 Å². The lowest BCUT2D eigenvalue weighted by atomic mass is 10.1. The van der Waals surface area contributed by atoms with Crippen molar-refractivity contribution in [3.8, 4) is 0 Å². The zero-order chi connectivity index (χ0) is 18.1. The number of aromatic nitrogens is 1. The van der Waals surface area contributed by atoms with E-state index >= 15 is 0 Å². The molecule has 5 nitrogen and oxygen atoms in total. The van der Waals surface area contributed by atoms with Crippen LogP contribution in [0.15, 0.2) is 24.3 Å². The predicted molar refractivity (Wildman–Crippen MR) is 111 cm³/mol. The van der Waals surface area contributed by atoms with Crippen LogP contribution in [0.5, 0.6) is 0 Å². The van der Waals surface area contributed by atoms with Crippen LogP contribution in [0.1, 0.15) is 29.4 Å². The van der Waals surface area contributed by atoms with Crippen molar-refractivity contribution in [1.29, 1.82) is 0 Å². The fraction of sp³-hybridized carbons (Fsp3) is 0.400. The quantitative estimate of drug-likeness (QED) is 0.647. The Morgan fingerprint density at radius 3 is 2.81 bits per heavy atom. The Hall–Kier alpha value is -2.18. The van der Waals surface area contributed by atoms with Crippen LogP contribution in [0.3, 0.4) is 0 Å². The molecule has 0 spiro atoms. The number of carbonyl (C=O) groups excluding carboxylic acids is 1. The van der Waals surface area contributed by atoms with Crippen LogP contribution in [-0.2, 0) is 0 Å². The van der Waals surface area contributed by atoms with Crippen molar-refractivity contribution in [2.45, 2.75) is 25.8 Å². The first-order chi connectivity index (χ1) is 12.7. The molecule has 0 bridgehead atoms. The third-order valence-electron chi connectivity index (χ3n) is 5.15. The number of nitrogens with zero attached hydrogens (tertiary/aromatic N) is 2. The number of anilines is 2. The van der Waals surface area contributed by atoms with Crippen LogP contribution >= 0.6 is 11.3 Å². The number of aldehydes is 1. The minimum Gasteiger partial charge on any atom is -0.382 e. The molecule has 1 aliphatic rings. The van der Waals surface area contributed by atoms with Crippen molar-refractivity contribution in [1.82, 2.24) is 10.3 Å². The molecule has 3 aromatic rings. The number of rotatable bonds is 6. The summed E-state index contributed by atoms with van der Waals surface area (Å²) in [6.45, 7) is 5.05. The monoisotopic (exact) mass is 368 g/mol. The molecule has 1 fully saturated rings. The van der Waals surface area contributed by atoms with Gasteiger partial charge in [-0.1, -0.05) is 0 Å². The molecule has 4 rings (SSSR count). The number of pyridine rings is 1. The maximum Gasteiger partial charge on any atom is 0.162 e. The summed E-state index contributed by atoms with van der Waals surface area (Å²) in [5, 5.41) is 8.92. The molecule has 1 aliphatic heterocycles. The van der Waals surface area contributed by atoms with Crippen molar-refractivity contribution >= 4 is 50.1 Å². The van der Waals surface area contributed by atoms with Crippen LogP contribution in [0.4, 0.5) is 11.5 Å². The first kappa shape index (κ1) is 17.2. The molecule has 0 saturated carbocycles. The molecule has 1 saturated heterocycles. The Kier molecular flexibility index (Phi) is 4.78. The molecule has 0 radical (unpaired) electrons. The predicted octanol–water partition coefficient (Wildman–Crippen LogP) is 3.88. The summed E-state index contributed by atoms with van der Waals surface area (Å²) in [7, 11) is 1.94. The Morgan fingerprint density at radius 2 is 2.08 bits per heavy atom. The molecule has 2 N–H and O–H groups in total. The molecule has 0 unspecified atom stereocenters. The van der Waals surface area contributed by atoms with Gasteiger partial charge in [0.05, 0.1) is 16.1 Å². The number of hydrogen-bond acceptors (Lipinski definition) is 6. The maximum absolute atomic E-state index is 11.6. The van der Waals surface area contributed by atoms with Gasteiger partial charge in [-0.05, 0) is 51.1 Å². The number of thiophene rings is 1. The minimum atomic E-state index is 0.319. The first-order valence-electron chi connectivity index (χ1n) is 9.19. The van der Waals surface area contributed by atoms with Gasteiger partial charge in [-0.15, -0.1) is 11.3 Å². The number of fused-ring (bicyclic) bond motifs is 3. The molecule has 6 heteroatoms. The van der Waals surface area contributed by atoms with Crippen LogP contribution in [0.2, 0.25) is 0 Å². The van der Waals surface area contributed by atoms with E-state index in [1.165, 1.54) is 24.2 Å². The molecule has 1 aromatic carbocycles. The average molecular weight is 369 g/mol. The van der Waals surface area contributed by atoms with Gasteiger partial charge in [0.15, 0.2) is 6.29 Å². The molecule has 2 aromatic heterocycles. The molecule has 0 amide bonds. The minimum absolute atomic E-state index is 0.319. The van der Waals surface area contributed by atoms with Crippen molar-refractivity contribution < 1.29 is 4.79 Å². The number of hydrogen-bond donors (Lipinski definition) is 2.